The number of benzene rings is 1. The van der Waals surface area contributed by atoms with Crippen molar-refractivity contribution < 1.29 is 18.3 Å². The third-order valence-electron chi connectivity index (χ3n) is 4.21. The van der Waals surface area contributed by atoms with Gasteiger partial charge in [-0.15, -0.1) is 0 Å². The zero-order chi connectivity index (χ0) is 14.9. The highest BCUT2D eigenvalue weighted by Gasteiger charge is 2.71. The van der Waals surface area contributed by atoms with Crippen LogP contribution in [0.5, 0.6) is 0 Å². The van der Waals surface area contributed by atoms with Gasteiger partial charge >= 0.3 is 0 Å². The Morgan fingerprint density at radius 2 is 2.10 bits per heavy atom. The summed E-state index contributed by atoms with van der Waals surface area (Å²) in [6.45, 7) is 1.51. The number of carbonyl (C=O) groups excluding carboxylic acids is 1. The smallest absolute Gasteiger partial charge is 0.260 e. The molecule has 0 radical (unpaired) electrons. The Bertz CT molecular complexity index is 518. The van der Waals surface area contributed by atoms with E-state index in [1.807, 2.05) is 0 Å². The molecule has 0 bridgehead atoms. The normalized spacial score (nSPS) is 30.7. The number of carbonyl (C=O) groups is 1. The highest BCUT2D eigenvalue weighted by Crippen LogP contribution is 2.61. The molecule has 1 aromatic carbocycles. The van der Waals surface area contributed by atoms with Crippen molar-refractivity contribution in [2.45, 2.75) is 23.9 Å². The van der Waals surface area contributed by atoms with E-state index in [1.54, 1.807) is 30.3 Å². The minimum atomic E-state index is -2.77. The predicted molar refractivity (Wildman–Crippen MR) is 73.3 cm³/mol. The lowest BCUT2D eigenvalue weighted by molar-refractivity contribution is -0.134. The van der Waals surface area contributed by atoms with E-state index < -0.39 is 17.4 Å². The summed E-state index contributed by atoms with van der Waals surface area (Å²) in [6, 6.07) is 8.64. The quantitative estimate of drug-likeness (QED) is 0.874. The molecule has 2 atom stereocenters. The van der Waals surface area contributed by atoms with E-state index in [2.05, 4.69) is 10.6 Å². The van der Waals surface area contributed by atoms with Crippen LogP contribution >= 0.6 is 0 Å². The van der Waals surface area contributed by atoms with Crippen LogP contribution in [0.25, 0.3) is 0 Å². The molecule has 2 N–H and O–H groups in total. The lowest BCUT2D eigenvalue weighted by Gasteiger charge is -2.24. The van der Waals surface area contributed by atoms with E-state index in [9.17, 15) is 13.6 Å². The van der Waals surface area contributed by atoms with Gasteiger partial charge in [0.25, 0.3) is 5.92 Å². The molecule has 1 aliphatic carbocycles. The van der Waals surface area contributed by atoms with Crippen LogP contribution in [0.4, 0.5) is 8.78 Å². The summed E-state index contributed by atoms with van der Waals surface area (Å²) >= 11 is 0. The van der Waals surface area contributed by atoms with Crippen molar-refractivity contribution >= 4 is 5.91 Å². The number of nitrogens with one attached hydrogen (secondary N) is 2. The molecular formula is C15H18F2N2O2. The second kappa shape index (κ2) is 5.35. The standard InChI is InChI=1S/C15H18F2N2O2/c16-15(17)9-14(15,11-4-2-1-3-5-11)10-19-13(20)12-8-18-6-7-21-12/h1-5,12,18H,6-10H2,(H,19,20)/t12-,14?/m1/s1. The summed E-state index contributed by atoms with van der Waals surface area (Å²) in [7, 11) is 0. The molecule has 2 fully saturated rings. The maximum Gasteiger partial charge on any atom is 0.260 e. The van der Waals surface area contributed by atoms with Crippen molar-refractivity contribution in [2.24, 2.45) is 0 Å². The minimum absolute atomic E-state index is 0.0668. The van der Waals surface area contributed by atoms with Crippen molar-refractivity contribution in [1.29, 1.82) is 0 Å². The number of hydrogen-bond donors (Lipinski definition) is 2. The Balaban J connectivity index is 1.66. The van der Waals surface area contributed by atoms with Crippen LogP contribution in [-0.2, 0) is 14.9 Å². The molecule has 114 valence electrons. The number of halogens is 2. The van der Waals surface area contributed by atoms with Crippen molar-refractivity contribution in [1.82, 2.24) is 10.6 Å². The van der Waals surface area contributed by atoms with Crippen LogP contribution in [-0.4, -0.2) is 44.2 Å². The molecule has 4 nitrogen and oxygen atoms in total. The maximum absolute atomic E-state index is 13.8. The van der Waals surface area contributed by atoms with E-state index in [0.717, 1.165) is 0 Å². The molecule has 6 heteroatoms. The molecule has 1 unspecified atom stereocenters. The molecule has 1 aromatic rings. The Kier molecular flexibility index (Phi) is 3.67. The van der Waals surface area contributed by atoms with E-state index >= 15 is 0 Å². The van der Waals surface area contributed by atoms with Gasteiger partial charge in [0.2, 0.25) is 5.91 Å². The summed E-state index contributed by atoms with van der Waals surface area (Å²) in [5, 5.41) is 5.67. The molecule has 0 spiro atoms. The fourth-order valence-electron chi connectivity index (χ4n) is 2.78. The van der Waals surface area contributed by atoms with Gasteiger partial charge in [0.1, 0.15) is 6.10 Å². The fraction of sp³-hybridized carbons (Fsp3) is 0.533. The lowest BCUT2D eigenvalue weighted by atomic mass is 9.95. The molecule has 3 rings (SSSR count). The number of alkyl halides is 2. The average molecular weight is 296 g/mol. The molecule has 21 heavy (non-hydrogen) atoms. The van der Waals surface area contributed by atoms with Crippen LogP contribution in [0.3, 0.4) is 0 Å². The first kappa shape index (κ1) is 14.4. The maximum atomic E-state index is 13.8. The fourth-order valence-corrected chi connectivity index (χ4v) is 2.78. The molecule has 1 saturated heterocycles. The van der Waals surface area contributed by atoms with E-state index in [0.29, 0.717) is 25.3 Å². The molecule has 0 aromatic heterocycles. The van der Waals surface area contributed by atoms with Gasteiger partial charge in [-0.05, 0) is 5.56 Å². The topological polar surface area (TPSA) is 50.4 Å². The third kappa shape index (κ3) is 2.65. The summed E-state index contributed by atoms with van der Waals surface area (Å²) in [5.74, 6) is -3.10. The first-order valence-corrected chi connectivity index (χ1v) is 7.09. The van der Waals surface area contributed by atoms with E-state index in [1.165, 1.54) is 0 Å². The van der Waals surface area contributed by atoms with Crippen LogP contribution < -0.4 is 10.6 Å². The van der Waals surface area contributed by atoms with Gasteiger partial charge in [-0.1, -0.05) is 30.3 Å². The monoisotopic (exact) mass is 296 g/mol. The molecule has 1 aliphatic heterocycles. The third-order valence-corrected chi connectivity index (χ3v) is 4.21. The van der Waals surface area contributed by atoms with Crippen LogP contribution in [0.1, 0.15) is 12.0 Å². The highest BCUT2D eigenvalue weighted by atomic mass is 19.3. The summed E-state index contributed by atoms with van der Waals surface area (Å²) < 4.78 is 33.0. The second-order valence-corrected chi connectivity index (χ2v) is 5.61. The number of ether oxygens (including phenoxy) is 1. The number of hydrogen-bond acceptors (Lipinski definition) is 3. The van der Waals surface area contributed by atoms with Gasteiger partial charge in [-0.3, -0.25) is 4.79 Å². The van der Waals surface area contributed by atoms with Crippen LogP contribution in [0, 0.1) is 0 Å². The highest BCUT2D eigenvalue weighted by molar-refractivity contribution is 5.81. The zero-order valence-corrected chi connectivity index (χ0v) is 11.6. The molecule has 1 amide bonds. The summed E-state index contributed by atoms with van der Waals surface area (Å²) in [4.78, 5) is 12.0. The Hall–Kier alpha value is -1.53. The van der Waals surface area contributed by atoms with Crippen molar-refractivity contribution in [3.8, 4) is 0 Å². The largest absolute Gasteiger partial charge is 0.366 e. The SMILES string of the molecule is O=C(NCC1(c2ccccc2)CC1(F)F)[C@H]1CNCCO1. The predicted octanol–water partition coefficient (Wildman–Crippen LogP) is 1.07. The number of amides is 1. The molecular weight excluding hydrogens is 278 g/mol. The van der Waals surface area contributed by atoms with E-state index in [-0.39, 0.29) is 18.9 Å². The minimum Gasteiger partial charge on any atom is -0.366 e. The molecule has 1 heterocycles. The van der Waals surface area contributed by atoms with Gasteiger partial charge in [-0.2, -0.15) is 0 Å². The lowest BCUT2D eigenvalue weighted by Crippen LogP contribution is -2.49. The van der Waals surface area contributed by atoms with Gasteiger partial charge in [0, 0.05) is 26.1 Å². The zero-order valence-electron chi connectivity index (χ0n) is 11.6. The second-order valence-electron chi connectivity index (χ2n) is 5.61. The Morgan fingerprint density at radius 1 is 1.38 bits per heavy atom. The Morgan fingerprint density at radius 3 is 2.67 bits per heavy atom. The summed E-state index contributed by atoms with van der Waals surface area (Å²) in [6.07, 6.45) is -0.826. The van der Waals surface area contributed by atoms with E-state index in [4.69, 9.17) is 4.74 Å². The van der Waals surface area contributed by atoms with Crippen molar-refractivity contribution in [3.05, 3.63) is 35.9 Å². The van der Waals surface area contributed by atoms with Gasteiger partial charge in [0.05, 0.1) is 12.0 Å². The summed E-state index contributed by atoms with van der Waals surface area (Å²) in [5.41, 5.74) is -0.704. The molecule has 2 aliphatic rings. The first-order valence-electron chi connectivity index (χ1n) is 7.09. The van der Waals surface area contributed by atoms with Gasteiger partial charge < -0.3 is 15.4 Å². The molecule has 1 saturated carbocycles. The number of morpholine rings is 1. The van der Waals surface area contributed by atoms with Gasteiger partial charge in [0.15, 0.2) is 0 Å². The number of rotatable bonds is 4. The van der Waals surface area contributed by atoms with Crippen molar-refractivity contribution in [3.63, 3.8) is 0 Å². The van der Waals surface area contributed by atoms with Gasteiger partial charge in [-0.25, -0.2) is 8.78 Å². The first-order chi connectivity index (χ1) is 10.1. The average Bonchev–Trinajstić information content (AvgIpc) is 3.09. The van der Waals surface area contributed by atoms with Crippen LogP contribution in [0.15, 0.2) is 30.3 Å². The van der Waals surface area contributed by atoms with Crippen molar-refractivity contribution in [2.75, 3.05) is 26.2 Å². The van der Waals surface area contributed by atoms with Crippen LogP contribution in [0.2, 0.25) is 0 Å². The Labute approximate surface area is 121 Å².